The zero-order chi connectivity index (χ0) is 19.8. The molecule has 1 aromatic carbocycles. The molecule has 0 atom stereocenters. The zero-order valence-corrected chi connectivity index (χ0v) is 16.8. The Morgan fingerprint density at radius 2 is 1.93 bits per heavy atom. The van der Waals surface area contributed by atoms with Crippen LogP contribution in [0, 0.1) is 6.92 Å². The molecule has 8 nitrogen and oxygen atoms in total. The van der Waals surface area contributed by atoms with Gasteiger partial charge in [-0.2, -0.15) is 4.98 Å². The molecule has 5 rings (SSSR count). The third-order valence-corrected chi connectivity index (χ3v) is 6.16. The first-order valence-electron chi connectivity index (χ1n) is 10.4. The Bertz CT molecular complexity index is 1060. The zero-order valence-electron chi connectivity index (χ0n) is 16.8. The molecule has 3 aromatic rings. The SMILES string of the molecule is Cc1nc(CN2CCN(c3ccc4c(=O)n(C5CCCC5)cnc4c3)CC2)no1. The monoisotopic (exact) mass is 394 g/mol. The Morgan fingerprint density at radius 3 is 2.66 bits per heavy atom. The van der Waals surface area contributed by atoms with Gasteiger partial charge in [0.25, 0.3) is 5.56 Å². The molecule has 8 heteroatoms. The second-order valence-corrected chi connectivity index (χ2v) is 8.09. The van der Waals surface area contributed by atoms with Crippen molar-refractivity contribution < 1.29 is 4.52 Å². The van der Waals surface area contributed by atoms with E-state index in [9.17, 15) is 4.79 Å². The number of piperazine rings is 1. The van der Waals surface area contributed by atoms with Crippen LogP contribution in [0.15, 0.2) is 33.8 Å². The largest absolute Gasteiger partial charge is 0.369 e. The summed E-state index contributed by atoms with van der Waals surface area (Å²) in [6.07, 6.45) is 6.31. The summed E-state index contributed by atoms with van der Waals surface area (Å²) in [5.74, 6) is 1.35. The Hall–Kier alpha value is -2.74. The van der Waals surface area contributed by atoms with Gasteiger partial charge in [-0.25, -0.2) is 4.98 Å². The molecule has 2 aliphatic rings. The van der Waals surface area contributed by atoms with E-state index in [0.717, 1.165) is 56.0 Å². The lowest BCUT2D eigenvalue weighted by molar-refractivity contribution is 0.240. The summed E-state index contributed by atoms with van der Waals surface area (Å²) in [7, 11) is 0. The van der Waals surface area contributed by atoms with E-state index in [0.29, 0.717) is 23.9 Å². The lowest BCUT2D eigenvalue weighted by atomic mass is 10.1. The number of aryl methyl sites for hydroxylation is 1. The molecule has 1 aliphatic heterocycles. The molecule has 0 N–H and O–H groups in total. The molecule has 0 radical (unpaired) electrons. The first kappa shape index (κ1) is 18.3. The molecule has 0 spiro atoms. The number of aromatic nitrogens is 4. The number of fused-ring (bicyclic) bond motifs is 1. The van der Waals surface area contributed by atoms with E-state index in [1.807, 2.05) is 23.6 Å². The van der Waals surface area contributed by atoms with Crippen LogP contribution in [0.2, 0.25) is 0 Å². The number of rotatable bonds is 4. The maximum atomic E-state index is 12.9. The predicted molar refractivity (Wildman–Crippen MR) is 110 cm³/mol. The van der Waals surface area contributed by atoms with Crippen LogP contribution in [-0.2, 0) is 6.54 Å². The molecule has 29 heavy (non-hydrogen) atoms. The van der Waals surface area contributed by atoms with E-state index in [4.69, 9.17) is 4.52 Å². The summed E-state index contributed by atoms with van der Waals surface area (Å²) >= 11 is 0. The van der Waals surface area contributed by atoms with Gasteiger partial charge in [0.15, 0.2) is 5.82 Å². The molecule has 0 bridgehead atoms. The molecule has 2 aromatic heterocycles. The van der Waals surface area contributed by atoms with Gasteiger partial charge in [0, 0.05) is 44.8 Å². The number of anilines is 1. The van der Waals surface area contributed by atoms with Crippen molar-refractivity contribution in [3.63, 3.8) is 0 Å². The van der Waals surface area contributed by atoms with Gasteiger partial charge < -0.3 is 9.42 Å². The molecule has 1 aliphatic carbocycles. The van der Waals surface area contributed by atoms with Gasteiger partial charge in [-0.1, -0.05) is 18.0 Å². The first-order valence-corrected chi connectivity index (χ1v) is 10.4. The number of hydrogen-bond acceptors (Lipinski definition) is 7. The predicted octanol–water partition coefficient (Wildman–Crippen LogP) is 2.53. The fourth-order valence-corrected chi connectivity index (χ4v) is 4.53. The molecule has 1 saturated carbocycles. The van der Waals surface area contributed by atoms with Crippen molar-refractivity contribution in [2.45, 2.75) is 45.2 Å². The van der Waals surface area contributed by atoms with Gasteiger partial charge in [0.2, 0.25) is 5.89 Å². The lowest BCUT2D eigenvalue weighted by Crippen LogP contribution is -2.46. The third kappa shape index (κ3) is 3.64. The van der Waals surface area contributed by atoms with E-state index in [-0.39, 0.29) is 5.56 Å². The quantitative estimate of drug-likeness (QED) is 0.673. The molecule has 3 heterocycles. The van der Waals surface area contributed by atoms with Crippen molar-refractivity contribution in [2.24, 2.45) is 0 Å². The molecular weight excluding hydrogens is 368 g/mol. The first-order chi connectivity index (χ1) is 14.2. The molecule has 0 unspecified atom stereocenters. The van der Waals surface area contributed by atoms with Crippen molar-refractivity contribution >= 4 is 16.6 Å². The van der Waals surface area contributed by atoms with Crippen molar-refractivity contribution in [3.05, 3.63) is 46.6 Å². The summed E-state index contributed by atoms with van der Waals surface area (Å²) in [5.41, 5.74) is 2.00. The summed E-state index contributed by atoms with van der Waals surface area (Å²) in [5, 5.41) is 4.70. The molecule has 152 valence electrons. The van der Waals surface area contributed by atoms with Gasteiger partial charge in [-0.3, -0.25) is 14.3 Å². The Labute approximate surface area is 169 Å². The van der Waals surface area contributed by atoms with E-state index < -0.39 is 0 Å². The fourth-order valence-electron chi connectivity index (χ4n) is 4.53. The fraction of sp³-hybridized carbons (Fsp3) is 0.524. The minimum atomic E-state index is 0.0914. The van der Waals surface area contributed by atoms with E-state index >= 15 is 0 Å². The van der Waals surface area contributed by atoms with Crippen LogP contribution in [0.4, 0.5) is 5.69 Å². The van der Waals surface area contributed by atoms with Crippen LogP contribution >= 0.6 is 0 Å². The lowest BCUT2D eigenvalue weighted by Gasteiger charge is -2.35. The standard InChI is InChI=1S/C21H26N6O2/c1-15-23-20(24-29-15)13-25-8-10-26(11-9-25)17-6-7-18-19(12-17)22-14-27(21(18)28)16-4-2-3-5-16/h6-7,12,14,16H,2-5,8-11,13H2,1H3. The molecule has 2 fully saturated rings. The van der Waals surface area contributed by atoms with Crippen LogP contribution in [0.1, 0.15) is 43.4 Å². The molecule has 0 amide bonds. The summed E-state index contributed by atoms with van der Waals surface area (Å²) in [4.78, 5) is 26.5. The van der Waals surface area contributed by atoms with Crippen LogP contribution in [0.5, 0.6) is 0 Å². The normalized spacial score (nSPS) is 18.7. The number of hydrogen-bond donors (Lipinski definition) is 0. The van der Waals surface area contributed by atoms with E-state index in [2.05, 4.69) is 31.0 Å². The third-order valence-electron chi connectivity index (χ3n) is 6.16. The van der Waals surface area contributed by atoms with Gasteiger partial charge in [0.1, 0.15) is 0 Å². The van der Waals surface area contributed by atoms with Crippen molar-refractivity contribution in [3.8, 4) is 0 Å². The molecular formula is C21H26N6O2. The number of benzene rings is 1. The average molecular weight is 394 g/mol. The second-order valence-electron chi connectivity index (χ2n) is 8.09. The minimum absolute atomic E-state index is 0.0914. The summed E-state index contributed by atoms with van der Waals surface area (Å²) in [6.45, 7) is 6.23. The van der Waals surface area contributed by atoms with Gasteiger partial charge in [-0.15, -0.1) is 0 Å². The maximum absolute atomic E-state index is 12.9. The van der Waals surface area contributed by atoms with Gasteiger partial charge in [0.05, 0.1) is 23.8 Å². The smallest absolute Gasteiger partial charge is 0.261 e. The summed E-state index contributed by atoms with van der Waals surface area (Å²) in [6, 6.07) is 6.37. The minimum Gasteiger partial charge on any atom is -0.369 e. The Morgan fingerprint density at radius 1 is 1.14 bits per heavy atom. The van der Waals surface area contributed by atoms with Crippen LogP contribution in [0.3, 0.4) is 0 Å². The van der Waals surface area contributed by atoms with Crippen LogP contribution in [-0.4, -0.2) is 50.8 Å². The molecule has 1 saturated heterocycles. The van der Waals surface area contributed by atoms with Crippen LogP contribution in [0.25, 0.3) is 10.9 Å². The van der Waals surface area contributed by atoms with Crippen molar-refractivity contribution in [1.82, 2.24) is 24.6 Å². The van der Waals surface area contributed by atoms with Crippen molar-refractivity contribution in [2.75, 3.05) is 31.1 Å². The highest BCUT2D eigenvalue weighted by Gasteiger charge is 2.21. The summed E-state index contributed by atoms with van der Waals surface area (Å²) < 4.78 is 6.90. The van der Waals surface area contributed by atoms with E-state index in [1.165, 1.54) is 12.8 Å². The average Bonchev–Trinajstić information content (AvgIpc) is 3.41. The maximum Gasteiger partial charge on any atom is 0.261 e. The second kappa shape index (κ2) is 7.59. The highest BCUT2D eigenvalue weighted by atomic mass is 16.5. The Balaban J connectivity index is 1.29. The van der Waals surface area contributed by atoms with Crippen molar-refractivity contribution in [1.29, 1.82) is 0 Å². The van der Waals surface area contributed by atoms with Crippen LogP contribution < -0.4 is 10.5 Å². The highest BCUT2D eigenvalue weighted by Crippen LogP contribution is 2.28. The number of nitrogens with zero attached hydrogens (tertiary/aromatic N) is 6. The highest BCUT2D eigenvalue weighted by molar-refractivity contribution is 5.81. The topological polar surface area (TPSA) is 80.3 Å². The van der Waals surface area contributed by atoms with Gasteiger partial charge in [-0.05, 0) is 31.0 Å². The Kier molecular flexibility index (Phi) is 4.79. The van der Waals surface area contributed by atoms with E-state index in [1.54, 1.807) is 6.33 Å². The van der Waals surface area contributed by atoms with Gasteiger partial charge >= 0.3 is 0 Å².